The maximum Gasteiger partial charge on any atom is 0.238 e. The maximum absolute atomic E-state index is 12.5. The summed E-state index contributed by atoms with van der Waals surface area (Å²) in [5.74, 6) is 1.77. The molecule has 1 amide bonds. The number of H-pyrrole nitrogens is 1. The Morgan fingerprint density at radius 1 is 1.10 bits per heavy atom. The highest BCUT2D eigenvalue weighted by Gasteiger charge is 2.25. The summed E-state index contributed by atoms with van der Waals surface area (Å²) in [5, 5.41) is 4.30. The molecule has 1 fully saturated rings. The molecule has 0 bridgehead atoms. The van der Waals surface area contributed by atoms with Gasteiger partial charge in [0, 0.05) is 28.4 Å². The second-order valence-electron chi connectivity index (χ2n) is 7.88. The minimum Gasteiger partial charge on any atom is -0.493 e. The summed E-state index contributed by atoms with van der Waals surface area (Å²) in [5.41, 5.74) is 4.63. The molecule has 0 radical (unpaired) electrons. The Labute approximate surface area is 177 Å². The predicted molar refractivity (Wildman–Crippen MR) is 120 cm³/mol. The summed E-state index contributed by atoms with van der Waals surface area (Å²) in [7, 11) is 3.18. The van der Waals surface area contributed by atoms with Gasteiger partial charge in [-0.3, -0.25) is 9.69 Å². The first-order chi connectivity index (χ1) is 14.6. The molecule has 2 heterocycles. The van der Waals surface area contributed by atoms with Crippen molar-refractivity contribution in [3.05, 3.63) is 53.7 Å². The number of nitrogens with zero attached hydrogens (tertiary/aromatic N) is 1. The van der Waals surface area contributed by atoms with Gasteiger partial charge < -0.3 is 19.8 Å². The van der Waals surface area contributed by atoms with E-state index in [9.17, 15) is 4.79 Å². The van der Waals surface area contributed by atoms with Crippen LogP contribution in [0.25, 0.3) is 10.9 Å². The van der Waals surface area contributed by atoms with E-state index in [1.165, 1.54) is 22.2 Å². The standard InChI is InChI=1S/C24H29N3O3/c1-16-24(19-6-4-5-7-20(19)25-16)17-10-12-27(13-11-17)15-23(28)26-18-8-9-21(29-2)22(14-18)30-3/h4-9,14,17,25H,10-13,15H2,1-3H3,(H,26,28). The van der Waals surface area contributed by atoms with Gasteiger partial charge in [0.25, 0.3) is 0 Å². The Hall–Kier alpha value is -2.99. The number of aryl methyl sites for hydroxylation is 1. The van der Waals surface area contributed by atoms with Crippen LogP contribution in [0.5, 0.6) is 11.5 Å². The Morgan fingerprint density at radius 3 is 2.57 bits per heavy atom. The molecule has 1 aromatic heterocycles. The molecule has 2 N–H and O–H groups in total. The molecule has 0 spiro atoms. The molecule has 30 heavy (non-hydrogen) atoms. The number of rotatable bonds is 6. The van der Waals surface area contributed by atoms with E-state index in [0.29, 0.717) is 29.6 Å². The summed E-state index contributed by atoms with van der Waals surface area (Å²) in [6.07, 6.45) is 2.12. The molecule has 0 unspecified atom stereocenters. The number of carbonyl (C=O) groups excluding carboxylic acids is 1. The van der Waals surface area contributed by atoms with E-state index in [1.807, 2.05) is 6.07 Å². The quantitative estimate of drug-likeness (QED) is 0.639. The number of hydrogen-bond acceptors (Lipinski definition) is 4. The molecular formula is C24H29N3O3. The lowest BCUT2D eigenvalue weighted by Gasteiger charge is -2.31. The van der Waals surface area contributed by atoms with Crippen molar-refractivity contribution in [1.82, 2.24) is 9.88 Å². The molecule has 6 heteroatoms. The number of piperidine rings is 1. The number of para-hydroxylation sites is 1. The van der Waals surface area contributed by atoms with Crippen molar-refractivity contribution < 1.29 is 14.3 Å². The molecular weight excluding hydrogens is 378 g/mol. The summed E-state index contributed by atoms with van der Waals surface area (Å²) in [4.78, 5) is 18.3. The van der Waals surface area contributed by atoms with Crippen molar-refractivity contribution >= 4 is 22.5 Å². The second kappa shape index (κ2) is 8.79. The first-order valence-electron chi connectivity index (χ1n) is 10.4. The van der Waals surface area contributed by atoms with Crippen LogP contribution >= 0.6 is 0 Å². The van der Waals surface area contributed by atoms with Crippen LogP contribution in [0.2, 0.25) is 0 Å². The van der Waals surface area contributed by atoms with E-state index in [0.717, 1.165) is 25.9 Å². The van der Waals surface area contributed by atoms with Gasteiger partial charge in [0.05, 0.1) is 20.8 Å². The number of anilines is 1. The smallest absolute Gasteiger partial charge is 0.238 e. The summed E-state index contributed by atoms with van der Waals surface area (Å²) < 4.78 is 10.6. The number of likely N-dealkylation sites (tertiary alicyclic amines) is 1. The first-order valence-corrected chi connectivity index (χ1v) is 10.4. The van der Waals surface area contributed by atoms with Gasteiger partial charge in [-0.2, -0.15) is 0 Å². The number of ether oxygens (including phenoxy) is 2. The predicted octanol–water partition coefficient (Wildman–Crippen LogP) is 4.31. The van der Waals surface area contributed by atoms with Gasteiger partial charge in [-0.05, 0) is 62.5 Å². The van der Waals surface area contributed by atoms with Crippen molar-refractivity contribution in [2.24, 2.45) is 0 Å². The van der Waals surface area contributed by atoms with Gasteiger partial charge in [-0.15, -0.1) is 0 Å². The Bertz CT molecular complexity index is 1040. The Balaban J connectivity index is 1.34. The van der Waals surface area contributed by atoms with Gasteiger partial charge in [0.1, 0.15) is 0 Å². The van der Waals surface area contributed by atoms with Crippen molar-refractivity contribution in [3.8, 4) is 11.5 Å². The highest BCUT2D eigenvalue weighted by molar-refractivity contribution is 5.92. The van der Waals surface area contributed by atoms with Crippen molar-refractivity contribution in [1.29, 1.82) is 0 Å². The molecule has 1 saturated heterocycles. The average Bonchev–Trinajstić information content (AvgIpc) is 3.10. The fourth-order valence-corrected chi connectivity index (χ4v) is 4.52. The molecule has 2 aromatic carbocycles. The lowest BCUT2D eigenvalue weighted by atomic mass is 9.87. The first kappa shape index (κ1) is 20.3. The van der Waals surface area contributed by atoms with Gasteiger partial charge in [0.15, 0.2) is 11.5 Å². The normalized spacial score (nSPS) is 15.3. The van der Waals surface area contributed by atoms with Gasteiger partial charge in [0.2, 0.25) is 5.91 Å². The number of carbonyl (C=O) groups is 1. The fraction of sp³-hybridized carbons (Fsp3) is 0.375. The number of nitrogens with one attached hydrogen (secondary N) is 2. The lowest BCUT2D eigenvalue weighted by molar-refractivity contribution is -0.117. The van der Waals surface area contributed by atoms with Crippen LogP contribution in [0.1, 0.15) is 30.0 Å². The van der Waals surface area contributed by atoms with E-state index in [2.05, 4.69) is 46.4 Å². The third kappa shape index (κ3) is 4.14. The third-order valence-electron chi connectivity index (χ3n) is 5.97. The van der Waals surface area contributed by atoms with Crippen LogP contribution in [0, 0.1) is 6.92 Å². The van der Waals surface area contributed by atoms with E-state index in [-0.39, 0.29) is 5.91 Å². The Kier molecular flexibility index (Phi) is 5.95. The number of aromatic nitrogens is 1. The molecule has 0 aliphatic carbocycles. The largest absolute Gasteiger partial charge is 0.493 e. The average molecular weight is 408 g/mol. The van der Waals surface area contributed by atoms with Crippen LogP contribution in [0.3, 0.4) is 0 Å². The topological polar surface area (TPSA) is 66.6 Å². The van der Waals surface area contributed by atoms with Crippen molar-refractivity contribution in [2.75, 3.05) is 39.2 Å². The zero-order valence-electron chi connectivity index (χ0n) is 17.8. The molecule has 0 atom stereocenters. The number of benzene rings is 2. The van der Waals surface area contributed by atoms with Gasteiger partial charge >= 0.3 is 0 Å². The molecule has 1 aliphatic rings. The molecule has 0 saturated carbocycles. The zero-order valence-corrected chi connectivity index (χ0v) is 17.8. The molecule has 1 aliphatic heterocycles. The molecule has 3 aromatic rings. The number of amides is 1. The van der Waals surface area contributed by atoms with Crippen LogP contribution in [-0.2, 0) is 4.79 Å². The van der Waals surface area contributed by atoms with Gasteiger partial charge in [-0.1, -0.05) is 18.2 Å². The minimum absolute atomic E-state index is 0.0102. The number of methoxy groups -OCH3 is 2. The number of hydrogen-bond donors (Lipinski definition) is 2. The monoisotopic (exact) mass is 407 g/mol. The van der Waals surface area contributed by atoms with Crippen molar-refractivity contribution in [2.45, 2.75) is 25.7 Å². The fourth-order valence-electron chi connectivity index (χ4n) is 4.52. The second-order valence-corrected chi connectivity index (χ2v) is 7.88. The van der Waals surface area contributed by atoms with Crippen molar-refractivity contribution in [3.63, 3.8) is 0 Å². The van der Waals surface area contributed by atoms with Crippen LogP contribution in [0.4, 0.5) is 5.69 Å². The minimum atomic E-state index is -0.0102. The number of aromatic amines is 1. The van der Waals surface area contributed by atoms with E-state index >= 15 is 0 Å². The Morgan fingerprint density at radius 2 is 1.83 bits per heavy atom. The number of fused-ring (bicyclic) bond motifs is 1. The SMILES string of the molecule is COc1ccc(NC(=O)CN2CCC(c3c(C)[nH]c4ccccc34)CC2)cc1OC. The molecule has 4 rings (SSSR count). The summed E-state index contributed by atoms with van der Waals surface area (Å²) in [6, 6.07) is 13.9. The lowest BCUT2D eigenvalue weighted by Crippen LogP contribution is -2.38. The van der Waals surface area contributed by atoms with E-state index in [4.69, 9.17) is 9.47 Å². The van der Waals surface area contributed by atoms with Crippen LogP contribution in [0.15, 0.2) is 42.5 Å². The van der Waals surface area contributed by atoms with E-state index < -0.39 is 0 Å². The van der Waals surface area contributed by atoms with E-state index in [1.54, 1.807) is 26.4 Å². The zero-order chi connectivity index (χ0) is 21.1. The third-order valence-corrected chi connectivity index (χ3v) is 5.97. The highest BCUT2D eigenvalue weighted by Crippen LogP contribution is 2.35. The van der Waals surface area contributed by atoms with Crippen LogP contribution < -0.4 is 14.8 Å². The molecule has 6 nitrogen and oxygen atoms in total. The summed E-state index contributed by atoms with van der Waals surface area (Å²) >= 11 is 0. The summed E-state index contributed by atoms with van der Waals surface area (Å²) in [6.45, 7) is 4.40. The van der Waals surface area contributed by atoms with Gasteiger partial charge in [-0.25, -0.2) is 0 Å². The maximum atomic E-state index is 12.5. The highest BCUT2D eigenvalue weighted by atomic mass is 16.5. The van der Waals surface area contributed by atoms with Crippen LogP contribution in [-0.4, -0.2) is 49.6 Å². The molecule has 158 valence electrons.